The van der Waals surface area contributed by atoms with Crippen LogP contribution < -0.4 is 9.47 Å². The Hall–Kier alpha value is -3.35. The zero-order valence-electron chi connectivity index (χ0n) is 16.5. The highest BCUT2D eigenvalue weighted by atomic mass is 16.7. The van der Waals surface area contributed by atoms with Crippen molar-refractivity contribution in [3.05, 3.63) is 48.0 Å². The molecule has 32 heavy (non-hydrogen) atoms. The number of hydrogen-bond donors (Lipinski definition) is 7. The highest BCUT2D eigenvalue weighted by Crippen LogP contribution is 2.33. The molecule has 0 aromatic heterocycles. The first-order valence-corrected chi connectivity index (χ1v) is 9.41. The SMILES string of the molecule is O=C(C=Cc1ccc(O)c(O)c1)Oc1ccc(O[C@@H]2O[C@H](CO)[C@@H](O)[C@H](O)[C@H]2O)c(O)c1. The molecule has 7 N–H and O–H groups in total. The Labute approximate surface area is 181 Å². The Morgan fingerprint density at radius 2 is 1.69 bits per heavy atom. The number of esters is 1. The molecule has 1 fully saturated rings. The van der Waals surface area contributed by atoms with Crippen molar-refractivity contribution in [2.24, 2.45) is 0 Å². The van der Waals surface area contributed by atoms with E-state index in [2.05, 4.69) is 0 Å². The van der Waals surface area contributed by atoms with Crippen LogP contribution in [0.4, 0.5) is 0 Å². The number of benzene rings is 2. The van der Waals surface area contributed by atoms with Gasteiger partial charge in [0, 0.05) is 12.1 Å². The average Bonchev–Trinajstić information content (AvgIpc) is 2.76. The lowest BCUT2D eigenvalue weighted by Crippen LogP contribution is -2.60. The summed E-state index contributed by atoms with van der Waals surface area (Å²) < 4.78 is 15.6. The van der Waals surface area contributed by atoms with Gasteiger partial charge < -0.3 is 50.0 Å². The van der Waals surface area contributed by atoms with Gasteiger partial charge in [0.25, 0.3) is 0 Å². The highest BCUT2D eigenvalue weighted by Gasteiger charge is 2.44. The molecule has 1 heterocycles. The standard InChI is InChI=1S/C21H22O11/c22-9-16-18(27)19(28)20(29)21(32-16)31-15-5-3-11(8-14(15)25)30-17(26)6-2-10-1-4-12(23)13(24)7-10/h1-8,16,18-25,27-29H,9H2/t16-,18-,19+,20-,21-/m1/s1. The number of phenols is 3. The van der Waals surface area contributed by atoms with Gasteiger partial charge in [-0.1, -0.05) is 6.07 Å². The van der Waals surface area contributed by atoms with Crippen LogP contribution in [-0.2, 0) is 9.53 Å². The maximum absolute atomic E-state index is 12.0. The van der Waals surface area contributed by atoms with Crippen molar-refractivity contribution >= 4 is 12.0 Å². The van der Waals surface area contributed by atoms with Crippen molar-refractivity contribution in [2.75, 3.05) is 6.61 Å². The molecule has 1 aliphatic rings. The van der Waals surface area contributed by atoms with E-state index in [0.29, 0.717) is 5.56 Å². The van der Waals surface area contributed by atoms with Crippen molar-refractivity contribution in [3.63, 3.8) is 0 Å². The van der Waals surface area contributed by atoms with Crippen LogP contribution in [-0.4, -0.2) is 79.0 Å². The minimum absolute atomic E-state index is 0.0353. The Kier molecular flexibility index (Phi) is 7.18. The molecule has 5 atom stereocenters. The quantitative estimate of drug-likeness (QED) is 0.131. The van der Waals surface area contributed by atoms with Gasteiger partial charge in [-0.25, -0.2) is 4.79 Å². The lowest BCUT2D eigenvalue weighted by atomic mass is 9.99. The fourth-order valence-corrected chi connectivity index (χ4v) is 2.91. The molecule has 0 radical (unpaired) electrons. The molecule has 11 nitrogen and oxygen atoms in total. The summed E-state index contributed by atoms with van der Waals surface area (Å²) in [6, 6.07) is 7.55. The molecule has 0 amide bonds. The summed E-state index contributed by atoms with van der Waals surface area (Å²) in [5, 5.41) is 67.6. The number of ether oxygens (including phenoxy) is 3. The van der Waals surface area contributed by atoms with Gasteiger partial charge in [0.15, 0.2) is 23.0 Å². The van der Waals surface area contributed by atoms with Crippen molar-refractivity contribution in [3.8, 4) is 28.7 Å². The van der Waals surface area contributed by atoms with Crippen LogP contribution in [0.5, 0.6) is 28.7 Å². The van der Waals surface area contributed by atoms with Crippen LogP contribution >= 0.6 is 0 Å². The predicted molar refractivity (Wildman–Crippen MR) is 107 cm³/mol. The monoisotopic (exact) mass is 450 g/mol. The van der Waals surface area contributed by atoms with Gasteiger partial charge in [-0.15, -0.1) is 0 Å². The Morgan fingerprint density at radius 1 is 0.938 bits per heavy atom. The van der Waals surface area contributed by atoms with Crippen LogP contribution in [0, 0.1) is 0 Å². The number of carbonyl (C=O) groups is 1. The van der Waals surface area contributed by atoms with Crippen LogP contribution in [0.3, 0.4) is 0 Å². The second kappa shape index (κ2) is 9.85. The van der Waals surface area contributed by atoms with Crippen LogP contribution in [0.25, 0.3) is 6.08 Å². The summed E-state index contributed by atoms with van der Waals surface area (Å²) in [6.45, 7) is -0.636. The summed E-state index contributed by atoms with van der Waals surface area (Å²) >= 11 is 0. The van der Waals surface area contributed by atoms with E-state index in [1.54, 1.807) is 0 Å². The molecule has 1 aliphatic heterocycles. The summed E-state index contributed by atoms with van der Waals surface area (Å²) in [7, 11) is 0. The molecule has 0 spiro atoms. The molecule has 0 saturated carbocycles. The molecular formula is C21H22O11. The normalized spacial score (nSPS) is 25.6. The maximum Gasteiger partial charge on any atom is 0.336 e. The number of phenolic OH excluding ortho intramolecular Hbond substituents is 3. The van der Waals surface area contributed by atoms with Crippen molar-refractivity contribution in [2.45, 2.75) is 30.7 Å². The van der Waals surface area contributed by atoms with E-state index in [9.17, 15) is 40.5 Å². The fourth-order valence-electron chi connectivity index (χ4n) is 2.91. The molecule has 1 saturated heterocycles. The molecule has 3 rings (SSSR count). The second-order valence-electron chi connectivity index (χ2n) is 6.95. The van der Waals surface area contributed by atoms with Gasteiger partial charge >= 0.3 is 5.97 Å². The smallest absolute Gasteiger partial charge is 0.336 e. The van der Waals surface area contributed by atoms with Crippen LogP contribution in [0.1, 0.15) is 5.56 Å². The van der Waals surface area contributed by atoms with E-state index in [-0.39, 0.29) is 23.0 Å². The van der Waals surface area contributed by atoms with Gasteiger partial charge in [-0.05, 0) is 35.9 Å². The number of carbonyl (C=O) groups excluding carboxylic acids is 1. The molecule has 2 aromatic rings. The summed E-state index contributed by atoms with van der Waals surface area (Å²) in [5.74, 6) is -2.12. The first kappa shape index (κ1) is 23.3. The Balaban J connectivity index is 1.64. The minimum atomic E-state index is -1.66. The number of aliphatic hydroxyl groups excluding tert-OH is 4. The molecule has 2 aromatic carbocycles. The van der Waals surface area contributed by atoms with Gasteiger partial charge in [0.2, 0.25) is 6.29 Å². The first-order chi connectivity index (χ1) is 15.2. The van der Waals surface area contributed by atoms with E-state index in [0.717, 1.165) is 12.1 Å². The first-order valence-electron chi connectivity index (χ1n) is 9.41. The third kappa shape index (κ3) is 5.28. The van der Waals surface area contributed by atoms with Gasteiger partial charge in [-0.3, -0.25) is 0 Å². The third-order valence-corrected chi connectivity index (χ3v) is 4.65. The minimum Gasteiger partial charge on any atom is -0.504 e. The maximum atomic E-state index is 12.0. The predicted octanol–water partition coefficient (Wildman–Crippen LogP) is -0.399. The van der Waals surface area contributed by atoms with Crippen molar-refractivity contribution in [1.29, 1.82) is 0 Å². The summed E-state index contributed by atoms with van der Waals surface area (Å²) in [5.41, 5.74) is 0.434. The van der Waals surface area contributed by atoms with E-state index in [4.69, 9.17) is 14.2 Å². The summed E-state index contributed by atoms with van der Waals surface area (Å²) in [4.78, 5) is 12.0. The lowest BCUT2D eigenvalue weighted by Gasteiger charge is -2.39. The molecule has 172 valence electrons. The fraction of sp³-hybridized carbons (Fsp3) is 0.286. The number of rotatable bonds is 6. The number of aromatic hydroxyl groups is 3. The average molecular weight is 450 g/mol. The second-order valence-corrected chi connectivity index (χ2v) is 6.95. The lowest BCUT2D eigenvalue weighted by molar-refractivity contribution is -0.277. The van der Waals surface area contributed by atoms with Gasteiger partial charge in [0.05, 0.1) is 6.61 Å². The van der Waals surface area contributed by atoms with Gasteiger partial charge in [0.1, 0.15) is 30.2 Å². The van der Waals surface area contributed by atoms with Crippen molar-refractivity contribution in [1.82, 2.24) is 0 Å². The summed E-state index contributed by atoms with van der Waals surface area (Å²) in [6.07, 6.45) is -5.11. The zero-order chi connectivity index (χ0) is 23.4. The molecule has 0 bridgehead atoms. The number of hydrogen-bond acceptors (Lipinski definition) is 11. The zero-order valence-corrected chi connectivity index (χ0v) is 16.5. The van der Waals surface area contributed by atoms with Gasteiger partial charge in [-0.2, -0.15) is 0 Å². The van der Waals surface area contributed by atoms with E-state index < -0.39 is 49.0 Å². The topological polar surface area (TPSA) is 186 Å². The third-order valence-electron chi connectivity index (χ3n) is 4.65. The van der Waals surface area contributed by atoms with E-state index in [1.807, 2.05) is 0 Å². The highest BCUT2D eigenvalue weighted by molar-refractivity contribution is 5.88. The van der Waals surface area contributed by atoms with Crippen LogP contribution in [0.2, 0.25) is 0 Å². The molecule has 0 unspecified atom stereocenters. The molecular weight excluding hydrogens is 428 g/mol. The Morgan fingerprint density at radius 3 is 2.34 bits per heavy atom. The molecule has 0 aliphatic carbocycles. The van der Waals surface area contributed by atoms with Crippen LogP contribution in [0.15, 0.2) is 42.5 Å². The van der Waals surface area contributed by atoms with E-state index in [1.165, 1.54) is 36.4 Å². The van der Waals surface area contributed by atoms with Crippen molar-refractivity contribution < 1.29 is 54.8 Å². The number of aliphatic hydroxyl groups is 4. The largest absolute Gasteiger partial charge is 0.504 e. The van der Waals surface area contributed by atoms with E-state index >= 15 is 0 Å². The molecule has 11 heteroatoms. The Bertz CT molecular complexity index is 988.